The molecule has 2 heteroatoms. The molecule has 0 nitrogen and oxygen atoms in total. The van der Waals surface area contributed by atoms with Gasteiger partial charge in [-0.1, -0.05) is 110 Å². The molecule has 0 aromatic heterocycles. The summed E-state index contributed by atoms with van der Waals surface area (Å²) in [5.74, 6) is 0.816. The van der Waals surface area contributed by atoms with E-state index in [0.717, 1.165) is 5.92 Å². The van der Waals surface area contributed by atoms with E-state index in [-0.39, 0.29) is 0 Å². The molecule has 1 aliphatic rings. The molecule has 0 aliphatic heterocycles. The Balaban J connectivity index is 2.90. The number of hydrogen-bond acceptors (Lipinski definition) is 0. The zero-order valence-electron chi connectivity index (χ0n) is 17.9. The number of hydrogen-bond donors (Lipinski definition) is 0. The molecule has 134 valence electrons. The Labute approximate surface area is 149 Å². The molecule has 0 spiro atoms. The second kappa shape index (κ2) is 7.57. The highest BCUT2D eigenvalue weighted by molar-refractivity contribution is 6.46. The van der Waals surface area contributed by atoms with Gasteiger partial charge in [0.15, 0.2) is 0 Å². The predicted octanol–water partition coefficient (Wildman–Crippen LogP) is 6.43. The molecule has 1 saturated carbocycles. The van der Waals surface area contributed by atoms with Crippen molar-refractivity contribution in [2.45, 2.75) is 123 Å². The summed E-state index contributed by atoms with van der Waals surface area (Å²) >= 11 is 0. The van der Waals surface area contributed by atoms with E-state index in [1.54, 1.807) is 0 Å². The third kappa shape index (κ3) is 5.86. The highest BCUT2D eigenvalue weighted by atomic mass is 14.4. The minimum atomic E-state index is 0.425. The molecule has 23 heavy (non-hydrogen) atoms. The molecule has 0 heterocycles. The van der Waals surface area contributed by atoms with E-state index in [0.29, 0.717) is 21.4 Å². The van der Waals surface area contributed by atoms with Gasteiger partial charge in [0.25, 0.3) is 0 Å². The van der Waals surface area contributed by atoms with Crippen LogP contribution in [-0.4, -0.2) is 15.1 Å². The van der Waals surface area contributed by atoms with Gasteiger partial charge in [-0.25, -0.2) is 0 Å². The molecule has 2 atom stereocenters. The lowest BCUT2D eigenvalue weighted by Gasteiger charge is -2.49. The molecule has 0 radical (unpaired) electrons. The van der Waals surface area contributed by atoms with Crippen LogP contribution in [0.15, 0.2) is 0 Å². The van der Waals surface area contributed by atoms with Crippen molar-refractivity contribution >= 4 is 15.1 Å². The van der Waals surface area contributed by atoms with Crippen LogP contribution in [0.25, 0.3) is 0 Å². The molecule has 1 aliphatic carbocycles. The fourth-order valence-corrected chi connectivity index (χ4v) is 5.15. The molecule has 0 amide bonds. The lowest BCUT2D eigenvalue weighted by atomic mass is 9.30. The summed E-state index contributed by atoms with van der Waals surface area (Å²) in [6.45, 7) is 19.8. The summed E-state index contributed by atoms with van der Waals surface area (Å²) in [5.41, 5.74) is 0.562. The third-order valence-corrected chi connectivity index (χ3v) is 7.45. The van der Waals surface area contributed by atoms with Gasteiger partial charge in [-0.15, -0.1) is 0 Å². The van der Waals surface area contributed by atoms with Crippen LogP contribution in [0.5, 0.6) is 0 Å². The van der Waals surface area contributed by atoms with Crippen LogP contribution in [0.1, 0.15) is 107 Å². The van der Waals surface area contributed by atoms with Crippen LogP contribution in [0.4, 0.5) is 0 Å². The van der Waals surface area contributed by atoms with Crippen molar-refractivity contribution in [1.82, 2.24) is 0 Å². The van der Waals surface area contributed by atoms with Gasteiger partial charge in [-0.2, -0.15) is 0 Å². The van der Waals surface area contributed by atoms with Gasteiger partial charge in [0.05, 0.1) is 0 Å². The summed E-state index contributed by atoms with van der Waals surface area (Å²) in [6, 6.07) is 0. The van der Waals surface area contributed by atoms with Crippen molar-refractivity contribution in [3.05, 3.63) is 0 Å². The van der Waals surface area contributed by atoms with Crippen molar-refractivity contribution in [1.29, 1.82) is 0 Å². The second-order valence-corrected chi connectivity index (χ2v) is 11.4. The molecule has 1 fully saturated rings. The molecule has 0 aromatic carbocycles. The van der Waals surface area contributed by atoms with Crippen LogP contribution in [-0.2, 0) is 0 Å². The highest BCUT2D eigenvalue weighted by Gasteiger charge is 2.43. The maximum Gasteiger partial charge on any atom is 0.133 e. The molecule has 2 unspecified atom stereocenters. The van der Waals surface area contributed by atoms with Gasteiger partial charge in [0.1, 0.15) is 15.1 Å². The summed E-state index contributed by atoms with van der Waals surface area (Å²) in [7, 11) is 3.94. The molecular formula is C21H44B2. The first kappa shape index (κ1) is 21.2. The van der Waals surface area contributed by atoms with Gasteiger partial charge < -0.3 is 0 Å². The average molecular weight is 318 g/mol. The van der Waals surface area contributed by atoms with E-state index < -0.39 is 0 Å². The minimum absolute atomic E-state index is 0.425. The third-order valence-electron chi connectivity index (χ3n) is 7.45. The lowest BCUT2D eigenvalue weighted by molar-refractivity contribution is 0.157. The molecular weight excluding hydrogens is 274 g/mol. The monoisotopic (exact) mass is 318 g/mol. The minimum Gasteiger partial charge on any atom is -0.0671 e. The molecule has 0 bridgehead atoms. The maximum atomic E-state index is 2.60. The Bertz CT molecular complexity index is 367. The zero-order valence-corrected chi connectivity index (χ0v) is 17.9. The normalized spacial score (nSPS) is 31.9. The quantitative estimate of drug-likeness (QED) is 0.526. The van der Waals surface area contributed by atoms with Crippen molar-refractivity contribution in [2.75, 3.05) is 0 Å². The topological polar surface area (TPSA) is 0 Å². The van der Waals surface area contributed by atoms with E-state index in [4.69, 9.17) is 0 Å². The molecule has 1 rings (SSSR count). The zero-order chi connectivity index (χ0) is 17.9. The maximum absolute atomic E-state index is 2.60. The van der Waals surface area contributed by atoms with Crippen LogP contribution >= 0.6 is 0 Å². The van der Waals surface area contributed by atoms with E-state index in [2.05, 4.69) is 63.2 Å². The summed E-state index contributed by atoms with van der Waals surface area (Å²) in [5, 5.41) is 1.35. The fraction of sp³-hybridized carbons (Fsp3) is 1.00. The average Bonchev–Trinajstić information content (AvgIpc) is 2.35. The van der Waals surface area contributed by atoms with Crippen LogP contribution < -0.4 is 0 Å². The van der Waals surface area contributed by atoms with Gasteiger partial charge in [-0.05, 0) is 24.2 Å². The smallest absolute Gasteiger partial charge is 0.0671 e. The largest absolute Gasteiger partial charge is 0.133 e. The first-order chi connectivity index (χ1) is 10.3. The van der Waals surface area contributed by atoms with Crippen LogP contribution in [0, 0.1) is 11.3 Å². The first-order valence-corrected chi connectivity index (χ1v) is 10.3. The molecule has 0 N–H and O–H groups in total. The predicted molar refractivity (Wildman–Crippen MR) is 112 cm³/mol. The van der Waals surface area contributed by atoms with E-state index in [9.17, 15) is 0 Å². The lowest BCUT2D eigenvalue weighted by Crippen LogP contribution is -2.36. The molecule has 0 saturated heterocycles. The van der Waals surface area contributed by atoms with Crippen molar-refractivity contribution < 1.29 is 0 Å². The SMILES string of the molecule is BC1(C(C)(C)BC(C)(C)C)CCCCCC(C)(C(C)C)CCC1. The van der Waals surface area contributed by atoms with Gasteiger partial charge in [-0.3, -0.25) is 0 Å². The van der Waals surface area contributed by atoms with Gasteiger partial charge in [0, 0.05) is 0 Å². The Morgan fingerprint density at radius 1 is 0.826 bits per heavy atom. The fourth-order valence-electron chi connectivity index (χ4n) is 5.15. The number of rotatable bonds is 3. The summed E-state index contributed by atoms with van der Waals surface area (Å²) < 4.78 is 0. The summed E-state index contributed by atoms with van der Waals surface area (Å²) in [4.78, 5) is 0. The van der Waals surface area contributed by atoms with Crippen molar-refractivity contribution in [3.63, 3.8) is 0 Å². The Hall–Kier alpha value is 0.130. The van der Waals surface area contributed by atoms with Crippen LogP contribution in [0.2, 0.25) is 15.9 Å². The van der Waals surface area contributed by atoms with E-state index in [1.165, 1.54) is 58.6 Å². The Morgan fingerprint density at radius 2 is 1.30 bits per heavy atom. The van der Waals surface area contributed by atoms with Crippen molar-refractivity contribution in [2.24, 2.45) is 11.3 Å². The highest BCUT2D eigenvalue weighted by Crippen LogP contribution is 2.59. The van der Waals surface area contributed by atoms with Crippen molar-refractivity contribution in [3.8, 4) is 0 Å². The van der Waals surface area contributed by atoms with E-state index in [1.807, 2.05) is 0 Å². The van der Waals surface area contributed by atoms with E-state index >= 15 is 0 Å². The standard InChI is InChI=1S/C21H44B2/c1-17(2)20(8)13-10-9-11-15-21(22,16-12-14-20)19(6,7)23-18(3,4)5/h17,23H,9-16,22H2,1-8H3. The Morgan fingerprint density at radius 3 is 1.83 bits per heavy atom. The second-order valence-electron chi connectivity index (χ2n) is 11.4. The molecule has 0 aromatic rings. The Kier molecular flexibility index (Phi) is 6.97. The van der Waals surface area contributed by atoms with Crippen LogP contribution in [0.3, 0.4) is 0 Å². The summed E-state index contributed by atoms with van der Waals surface area (Å²) in [6.07, 6.45) is 11.4. The van der Waals surface area contributed by atoms with Gasteiger partial charge in [0.2, 0.25) is 0 Å². The first-order valence-electron chi connectivity index (χ1n) is 10.3. The van der Waals surface area contributed by atoms with Gasteiger partial charge >= 0.3 is 0 Å².